The molecule has 0 saturated carbocycles. The number of nitriles is 2. The molecule has 0 aromatic carbocycles. The summed E-state index contributed by atoms with van der Waals surface area (Å²) in [5, 5.41) is 16.6. The topological polar surface area (TPSA) is 73.4 Å². The van der Waals surface area contributed by atoms with E-state index in [1.165, 1.54) is 0 Å². The van der Waals surface area contributed by atoms with Crippen molar-refractivity contribution in [2.45, 2.75) is 6.42 Å². The molecule has 1 aromatic heterocycles. The Morgan fingerprint density at radius 2 is 2.17 bits per heavy atom. The Morgan fingerprint density at radius 3 is 2.75 bits per heavy atom. The van der Waals surface area contributed by atoms with Gasteiger partial charge in [0.25, 0.3) is 0 Å². The molecule has 1 aromatic rings. The van der Waals surface area contributed by atoms with Crippen molar-refractivity contribution in [1.29, 1.82) is 10.5 Å². The van der Waals surface area contributed by atoms with Crippen LogP contribution in [-0.2, 0) is 6.42 Å². The molecule has 0 saturated heterocycles. The second-order valence-electron chi connectivity index (χ2n) is 1.94. The van der Waals surface area contributed by atoms with Crippen molar-refractivity contribution in [1.82, 2.24) is 9.97 Å². The molecule has 58 valence electrons. The van der Waals surface area contributed by atoms with Crippen LogP contribution < -0.4 is 0 Å². The molecule has 12 heavy (non-hydrogen) atoms. The van der Waals surface area contributed by atoms with E-state index in [-0.39, 0.29) is 17.9 Å². The van der Waals surface area contributed by atoms with Crippen LogP contribution in [0.5, 0.6) is 0 Å². The van der Waals surface area contributed by atoms with Crippen molar-refractivity contribution < 1.29 is 4.39 Å². The summed E-state index contributed by atoms with van der Waals surface area (Å²) in [6.45, 7) is 0. The average molecular weight is 162 g/mol. The summed E-state index contributed by atoms with van der Waals surface area (Å²) >= 11 is 0. The third kappa shape index (κ3) is 1.74. The van der Waals surface area contributed by atoms with E-state index in [0.717, 1.165) is 6.07 Å². The largest absolute Gasteiger partial charge is 0.221 e. The molecule has 0 N–H and O–H groups in total. The van der Waals surface area contributed by atoms with Crippen LogP contribution in [-0.4, -0.2) is 9.97 Å². The Bertz CT molecular complexity index is 374. The molecular weight excluding hydrogens is 159 g/mol. The van der Waals surface area contributed by atoms with Crippen LogP contribution in [0.25, 0.3) is 0 Å². The maximum atomic E-state index is 12.5. The predicted molar refractivity (Wildman–Crippen MR) is 36.0 cm³/mol. The first-order chi connectivity index (χ1) is 5.76. The number of nitrogens with zero attached hydrogens (tertiary/aromatic N) is 4. The van der Waals surface area contributed by atoms with Crippen molar-refractivity contribution in [3.63, 3.8) is 0 Å². The number of hydrogen-bond donors (Lipinski definition) is 0. The molecule has 0 atom stereocenters. The highest BCUT2D eigenvalue weighted by molar-refractivity contribution is 5.19. The minimum atomic E-state index is -0.785. The fraction of sp³-hybridized carbons (Fsp3) is 0.143. The van der Waals surface area contributed by atoms with Crippen molar-refractivity contribution in [2.75, 3.05) is 0 Å². The molecule has 1 rings (SSSR count). The van der Waals surface area contributed by atoms with Crippen molar-refractivity contribution >= 4 is 0 Å². The van der Waals surface area contributed by atoms with E-state index in [4.69, 9.17) is 10.5 Å². The molecule has 0 amide bonds. The summed E-state index contributed by atoms with van der Waals surface area (Å²) in [5.74, 6) is -0.749. The summed E-state index contributed by atoms with van der Waals surface area (Å²) in [6, 6.07) is 4.35. The highest BCUT2D eigenvalue weighted by atomic mass is 19.1. The second kappa shape index (κ2) is 3.40. The fourth-order valence-electron chi connectivity index (χ4n) is 0.672. The average Bonchev–Trinajstić information content (AvgIpc) is 2.04. The van der Waals surface area contributed by atoms with Gasteiger partial charge in [-0.25, -0.2) is 9.97 Å². The van der Waals surface area contributed by atoms with Crippen LogP contribution >= 0.6 is 0 Å². The van der Waals surface area contributed by atoms with Gasteiger partial charge in [0.05, 0.1) is 12.5 Å². The zero-order chi connectivity index (χ0) is 8.97. The van der Waals surface area contributed by atoms with Crippen molar-refractivity contribution in [2.24, 2.45) is 0 Å². The third-order valence-electron chi connectivity index (χ3n) is 1.09. The Morgan fingerprint density at radius 1 is 1.42 bits per heavy atom. The van der Waals surface area contributed by atoms with E-state index >= 15 is 0 Å². The van der Waals surface area contributed by atoms with E-state index in [0.29, 0.717) is 0 Å². The van der Waals surface area contributed by atoms with Crippen LogP contribution in [0.1, 0.15) is 11.5 Å². The molecule has 0 fully saturated rings. The standard InChI is InChI=1S/C7H3FN4/c8-6-3-5(4-10)11-7(12-6)1-2-9/h3H,1H2. The summed E-state index contributed by atoms with van der Waals surface area (Å²) < 4.78 is 12.5. The number of hydrogen-bond acceptors (Lipinski definition) is 4. The molecule has 0 aliphatic carbocycles. The van der Waals surface area contributed by atoms with E-state index in [1.54, 1.807) is 12.1 Å². The lowest BCUT2D eigenvalue weighted by atomic mass is 10.4. The maximum Gasteiger partial charge on any atom is 0.217 e. The van der Waals surface area contributed by atoms with Gasteiger partial charge in [0.15, 0.2) is 0 Å². The van der Waals surface area contributed by atoms with Crippen LogP contribution in [0.2, 0.25) is 0 Å². The highest BCUT2D eigenvalue weighted by Gasteiger charge is 2.02. The second-order valence-corrected chi connectivity index (χ2v) is 1.94. The first-order valence-electron chi connectivity index (χ1n) is 3.07. The zero-order valence-electron chi connectivity index (χ0n) is 5.95. The molecule has 0 radical (unpaired) electrons. The van der Waals surface area contributed by atoms with Crippen LogP contribution in [0, 0.1) is 28.6 Å². The van der Waals surface area contributed by atoms with Gasteiger partial charge in [-0.15, -0.1) is 0 Å². The highest BCUT2D eigenvalue weighted by Crippen LogP contribution is 1.98. The lowest BCUT2D eigenvalue weighted by molar-refractivity contribution is 0.571. The molecular formula is C7H3FN4. The SMILES string of the molecule is N#CCc1nc(F)cc(C#N)n1. The van der Waals surface area contributed by atoms with Gasteiger partial charge in [-0.3, -0.25) is 0 Å². The van der Waals surface area contributed by atoms with Crippen LogP contribution in [0.3, 0.4) is 0 Å². The van der Waals surface area contributed by atoms with Gasteiger partial charge < -0.3 is 0 Å². The third-order valence-corrected chi connectivity index (χ3v) is 1.09. The first-order valence-corrected chi connectivity index (χ1v) is 3.07. The van der Waals surface area contributed by atoms with Gasteiger partial charge in [-0.05, 0) is 0 Å². The van der Waals surface area contributed by atoms with E-state index in [2.05, 4.69) is 9.97 Å². The molecule has 1 heterocycles. The Kier molecular flexibility index (Phi) is 2.29. The molecule has 0 aliphatic heterocycles. The maximum absolute atomic E-state index is 12.5. The zero-order valence-corrected chi connectivity index (χ0v) is 5.95. The van der Waals surface area contributed by atoms with Crippen LogP contribution in [0.15, 0.2) is 6.07 Å². The smallest absolute Gasteiger partial charge is 0.217 e. The number of aromatic nitrogens is 2. The summed E-state index contributed by atoms with van der Waals surface area (Å²) in [4.78, 5) is 6.93. The monoisotopic (exact) mass is 162 g/mol. The minimum Gasteiger partial charge on any atom is -0.221 e. The fourth-order valence-corrected chi connectivity index (χ4v) is 0.672. The molecule has 5 heteroatoms. The summed E-state index contributed by atoms with van der Waals surface area (Å²) in [7, 11) is 0. The molecule has 0 spiro atoms. The van der Waals surface area contributed by atoms with Crippen molar-refractivity contribution in [3.05, 3.63) is 23.5 Å². The van der Waals surface area contributed by atoms with Gasteiger partial charge in [-0.2, -0.15) is 14.9 Å². The van der Waals surface area contributed by atoms with Gasteiger partial charge >= 0.3 is 0 Å². The molecule has 0 bridgehead atoms. The predicted octanol–water partition coefficient (Wildman–Crippen LogP) is 0.553. The lowest BCUT2D eigenvalue weighted by Crippen LogP contribution is -1.98. The van der Waals surface area contributed by atoms with Gasteiger partial charge in [0.2, 0.25) is 5.95 Å². The Balaban J connectivity index is 3.10. The first kappa shape index (κ1) is 8.09. The molecule has 0 unspecified atom stereocenters. The normalized spacial score (nSPS) is 8.58. The van der Waals surface area contributed by atoms with Gasteiger partial charge in [0, 0.05) is 6.07 Å². The number of rotatable bonds is 1. The van der Waals surface area contributed by atoms with E-state index in [1.807, 2.05) is 0 Å². The number of halogens is 1. The van der Waals surface area contributed by atoms with Crippen molar-refractivity contribution in [3.8, 4) is 12.1 Å². The Hall–Kier alpha value is -2.01. The quantitative estimate of drug-likeness (QED) is 0.565. The minimum absolute atomic E-state index is 0.0362. The molecule has 4 nitrogen and oxygen atoms in total. The van der Waals surface area contributed by atoms with E-state index < -0.39 is 5.95 Å². The summed E-state index contributed by atoms with van der Waals surface area (Å²) in [5.41, 5.74) is -0.0623. The van der Waals surface area contributed by atoms with Gasteiger partial charge in [-0.1, -0.05) is 0 Å². The van der Waals surface area contributed by atoms with Gasteiger partial charge in [0.1, 0.15) is 17.6 Å². The van der Waals surface area contributed by atoms with E-state index in [9.17, 15) is 4.39 Å². The lowest BCUT2D eigenvalue weighted by Gasteiger charge is -1.93. The Labute approximate surface area is 67.9 Å². The molecule has 0 aliphatic rings. The summed E-state index contributed by atoms with van der Waals surface area (Å²) in [6.07, 6.45) is -0.0908. The van der Waals surface area contributed by atoms with Crippen LogP contribution in [0.4, 0.5) is 4.39 Å².